The van der Waals surface area contributed by atoms with Crippen LogP contribution in [-0.4, -0.2) is 26.2 Å². The zero-order valence-corrected chi connectivity index (χ0v) is 14.2. The quantitative estimate of drug-likeness (QED) is 0.742. The van der Waals surface area contributed by atoms with E-state index in [4.69, 9.17) is 9.40 Å². The third kappa shape index (κ3) is 2.87. The monoisotopic (exact) mass is 322 g/mol. The van der Waals surface area contributed by atoms with E-state index in [9.17, 15) is 0 Å². The molecule has 1 aliphatic heterocycles. The fraction of sp³-hybridized carbons (Fsp3) is 0.368. The van der Waals surface area contributed by atoms with Gasteiger partial charge >= 0.3 is 0 Å². The van der Waals surface area contributed by atoms with Crippen LogP contribution in [0.25, 0.3) is 11.5 Å². The molecule has 3 heterocycles. The van der Waals surface area contributed by atoms with Crippen molar-refractivity contribution >= 4 is 0 Å². The average molecular weight is 322 g/mol. The molecule has 0 N–H and O–H groups in total. The first-order valence-electron chi connectivity index (χ1n) is 8.44. The van der Waals surface area contributed by atoms with E-state index in [1.54, 1.807) is 0 Å². The first kappa shape index (κ1) is 15.1. The summed E-state index contributed by atoms with van der Waals surface area (Å²) in [6.45, 7) is 4.82. The summed E-state index contributed by atoms with van der Waals surface area (Å²) in [5, 5.41) is 4.40. The van der Waals surface area contributed by atoms with E-state index in [0.29, 0.717) is 5.89 Å². The molecule has 0 aliphatic carbocycles. The van der Waals surface area contributed by atoms with Crippen molar-refractivity contribution in [1.29, 1.82) is 0 Å². The lowest BCUT2D eigenvalue weighted by Gasteiger charge is -2.18. The smallest absolute Gasteiger partial charge is 0.226 e. The number of benzene rings is 1. The molecule has 1 aromatic carbocycles. The number of aromatic nitrogens is 3. The van der Waals surface area contributed by atoms with Gasteiger partial charge in [0.2, 0.25) is 5.89 Å². The summed E-state index contributed by atoms with van der Waals surface area (Å²) in [7, 11) is 2.03. The van der Waals surface area contributed by atoms with Crippen LogP contribution in [0.3, 0.4) is 0 Å². The molecule has 3 aromatic rings. The predicted molar refractivity (Wildman–Crippen MR) is 92.3 cm³/mol. The van der Waals surface area contributed by atoms with E-state index in [-0.39, 0.29) is 0 Å². The largest absolute Gasteiger partial charge is 0.441 e. The lowest BCUT2D eigenvalue weighted by atomic mass is 10.2. The fourth-order valence-electron chi connectivity index (χ4n) is 3.38. The highest BCUT2D eigenvalue weighted by Gasteiger charge is 2.20. The second-order valence-electron chi connectivity index (χ2n) is 6.44. The second-order valence-corrected chi connectivity index (χ2v) is 6.44. The van der Waals surface area contributed by atoms with E-state index in [2.05, 4.69) is 10.00 Å². The van der Waals surface area contributed by atoms with E-state index in [1.165, 1.54) is 11.3 Å². The van der Waals surface area contributed by atoms with Gasteiger partial charge in [-0.2, -0.15) is 5.10 Å². The van der Waals surface area contributed by atoms with E-state index in [0.717, 1.165) is 49.5 Å². The SMILES string of the molecule is Cc1oc(-c2ccccc2)nc1CN1CCCc2c(cnn2C)C1. The van der Waals surface area contributed by atoms with Crippen molar-refractivity contribution in [2.45, 2.75) is 32.9 Å². The van der Waals surface area contributed by atoms with Crippen LogP contribution in [0.5, 0.6) is 0 Å². The lowest BCUT2D eigenvalue weighted by Crippen LogP contribution is -2.23. The minimum atomic E-state index is 0.708. The summed E-state index contributed by atoms with van der Waals surface area (Å²) in [4.78, 5) is 7.17. The Morgan fingerprint density at radius 2 is 2.04 bits per heavy atom. The first-order chi connectivity index (χ1) is 11.7. The molecule has 5 heteroatoms. The zero-order valence-electron chi connectivity index (χ0n) is 14.2. The third-order valence-corrected chi connectivity index (χ3v) is 4.72. The van der Waals surface area contributed by atoms with Crippen molar-refractivity contribution in [3.63, 3.8) is 0 Å². The highest BCUT2D eigenvalue weighted by molar-refractivity contribution is 5.53. The molecule has 24 heavy (non-hydrogen) atoms. The molecule has 0 amide bonds. The Kier molecular flexibility index (Phi) is 3.94. The maximum Gasteiger partial charge on any atom is 0.226 e. The van der Waals surface area contributed by atoms with Gasteiger partial charge in [0.15, 0.2) is 0 Å². The second kappa shape index (κ2) is 6.24. The van der Waals surface area contributed by atoms with Crippen LogP contribution in [0.4, 0.5) is 0 Å². The number of oxazole rings is 1. The topological polar surface area (TPSA) is 47.1 Å². The number of rotatable bonds is 3. The minimum Gasteiger partial charge on any atom is -0.441 e. The van der Waals surface area contributed by atoms with Crippen LogP contribution in [0.2, 0.25) is 0 Å². The van der Waals surface area contributed by atoms with Gasteiger partial charge in [-0.05, 0) is 38.4 Å². The van der Waals surface area contributed by atoms with Gasteiger partial charge in [0.1, 0.15) is 5.76 Å². The van der Waals surface area contributed by atoms with Gasteiger partial charge in [0.05, 0.1) is 11.9 Å². The molecule has 0 saturated heterocycles. The summed E-state index contributed by atoms with van der Waals surface area (Å²) in [5.41, 5.74) is 4.75. The molecule has 5 nitrogen and oxygen atoms in total. The van der Waals surface area contributed by atoms with Crippen molar-refractivity contribution in [1.82, 2.24) is 19.7 Å². The zero-order chi connectivity index (χ0) is 16.5. The van der Waals surface area contributed by atoms with E-state index < -0.39 is 0 Å². The molecule has 124 valence electrons. The molecule has 4 rings (SSSR count). The summed E-state index contributed by atoms with van der Waals surface area (Å²) < 4.78 is 7.90. The highest BCUT2D eigenvalue weighted by Crippen LogP contribution is 2.24. The minimum absolute atomic E-state index is 0.708. The number of hydrogen-bond donors (Lipinski definition) is 0. The van der Waals surface area contributed by atoms with Gasteiger partial charge in [-0.25, -0.2) is 4.98 Å². The molecule has 0 saturated carbocycles. The van der Waals surface area contributed by atoms with Crippen molar-refractivity contribution in [3.8, 4) is 11.5 Å². The number of aryl methyl sites for hydroxylation is 2. The third-order valence-electron chi connectivity index (χ3n) is 4.72. The summed E-state index contributed by atoms with van der Waals surface area (Å²) in [6, 6.07) is 10.1. The molecule has 0 bridgehead atoms. The number of nitrogens with zero attached hydrogens (tertiary/aromatic N) is 4. The molecular weight excluding hydrogens is 300 g/mol. The van der Waals surface area contributed by atoms with Gasteiger partial charge in [-0.3, -0.25) is 9.58 Å². The lowest BCUT2D eigenvalue weighted by molar-refractivity contribution is 0.256. The normalized spacial score (nSPS) is 15.2. The van der Waals surface area contributed by atoms with Crippen molar-refractivity contribution in [3.05, 3.63) is 59.2 Å². The summed E-state index contributed by atoms with van der Waals surface area (Å²) >= 11 is 0. The van der Waals surface area contributed by atoms with Crippen LogP contribution in [-0.2, 0) is 26.6 Å². The maximum absolute atomic E-state index is 5.89. The Labute approximate surface area is 141 Å². The van der Waals surface area contributed by atoms with Gasteiger partial charge in [0.25, 0.3) is 0 Å². The Bertz CT molecular complexity index is 834. The van der Waals surface area contributed by atoms with Gasteiger partial charge in [0, 0.05) is 37.0 Å². The molecule has 1 aliphatic rings. The Hall–Kier alpha value is -2.40. The van der Waals surface area contributed by atoms with Crippen LogP contribution in [0.1, 0.15) is 29.1 Å². The Balaban J connectivity index is 1.54. The van der Waals surface area contributed by atoms with Crippen molar-refractivity contribution < 1.29 is 4.42 Å². The van der Waals surface area contributed by atoms with Gasteiger partial charge in [-0.15, -0.1) is 0 Å². The average Bonchev–Trinajstić information content (AvgIpc) is 3.04. The van der Waals surface area contributed by atoms with Crippen LogP contribution in [0, 0.1) is 6.92 Å². The number of fused-ring (bicyclic) bond motifs is 1. The van der Waals surface area contributed by atoms with Crippen molar-refractivity contribution in [2.24, 2.45) is 7.05 Å². The molecule has 2 aromatic heterocycles. The Morgan fingerprint density at radius 3 is 2.88 bits per heavy atom. The fourth-order valence-corrected chi connectivity index (χ4v) is 3.38. The molecular formula is C19H22N4O. The molecule has 0 fully saturated rings. The Morgan fingerprint density at radius 1 is 1.21 bits per heavy atom. The molecule has 0 radical (unpaired) electrons. The van der Waals surface area contributed by atoms with Gasteiger partial charge < -0.3 is 4.42 Å². The molecule has 0 spiro atoms. The molecule has 0 unspecified atom stereocenters. The number of hydrogen-bond acceptors (Lipinski definition) is 4. The first-order valence-corrected chi connectivity index (χ1v) is 8.44. The summed E-state index contributed by atoms with van der Waals surface area (Å²) in [5.74, 6) is 1.62. The standard InChI is InChI=1S/C19H22N4O/c1-14-17(21-19(24-14)15-7-4-3-5-8-15)13-23-10-6-9-18-16(12-23)11-20-22(18)2/h3-5,7-8,11H,6,9-10,12-13H2,1-2H3. The summed E-state index contributed by atoms with van der Waals surface area (Å²) in [6.07, 6.45) is 4.24. The van der Waals surface area contributed by atoms with E-state index >= 15 is 0 Å². The van der Waals surface area contributed by atoms with Crippen LogP contribution >= 0.6 is 0 Å². The predicted octanol–water partition coefficient (Wildman–Crippen LogP) is 3.33. The van der Waals surface area contributed by atoms with Crippen LogP contribution < -0.4 is 0 Å². The van der Waals surface area contributed by atoms with Gasteiger partial charge in [-0.1, -0.05) is 18.2 Å². The van der Waals surface area contributed by atoms with Crippen molar-refractivity contribution in [2.75, 3.05) is 6.54 Å². The van der Waals surface area contributed by atoms with E-state index in [1.807, 2.05) is 55.2 Å². The highest BCUT2D eigenvalue weighted by atomic mass is 16.4. The maximum atomic E-state index is 5.89. The molecule has 0 atom stereocenters. The van der Waals surface area contributed by atoms with Crippen LogP contribution in [0.15, 0.2) is 40.9 Å².